The topological polar surface area (TPSA) is 132 Å². The Balaban J connectivity index is 3.24. The molecule has 0 heterocycles. The van der Waals surface area contributed by atoms with E-state index in [9.17, 15) is 20.3 Å². The summed E-state index contributed by atoms with van der Waals surface area (Å²) in [5, 5.41) is 33.8. The molecule has 8 nitrogen and oxygen atoms in total. The molecule has 0 saturated carbocycles. The van der Waals surface area contributed by atoms with E-state index in [4.69, 9.17) is 5.53 Å². The third kappa shape index (κ3) is 3.41. The van der Waals surface area contributed by atoms with Gasteiger partial charge in [-0.15, -0.1) is 0 Å². The van der Waals surface area contributed by atoms with Crippen molar-refractivity contribution in [3.8, 4) is 0 Å². The molecule has 0 aliphatic heterocycles. The van der Waals surface area contributed by atoms with Crippen LogP contribution in [0.15, 0.2) is 17.2 Å². The van der Waals surface area contributed by atoms with Crippen molar-refractivity contribution in [1.82, 2.24) is 0 Å². The van der Waals surface area contributed by atoms with Gasteiger partial charge in [-0.3, -0.25) is 10.1 Å². The van der Waals surface area contributed by atoms with E-state index >= 15 is 0 Å². The Bertz CT molecular complexity index is 540. The number of benzene rings is 1. The Labute approximate surface area is 109 Å². The first kappa shape index (κ1) is 14.9. The highest BCUT2D eigenvalue weighted by atomic mass is 16.6. The number of nitro groups is 1. The zero-order chi connectivity index (χ0) is 14.6. The minimum absolute atomic E-state index is 0.0382. The number of aliphatic hydroxyl groups excluding tert-OH is 2. The monoisotopic (exact) mass is 266 g/mol. The Morgan fingerprint density at radius 1 is 1.47 bits per heavy atom. The van der Waals surface area contributed by atoms with Gasteiger partial charge in [-0.2, -0.15) is 0 Å². The van der Waals surface area contributed by atoms with Gasteiger partial charge < -0.3 is 10.2 Å². The minimum atomic E-state index is -1.48. The fraction of sp³-hybridized carbons (Fsp3) is 0.455. The molecule has 1 rings (SSSR count). The molecule has 2 atom stereocenters. The summed E-state index contributed by atoms with van der Waals surface area (Å²) in [6, 6.07) is 3.00. The predicted molar refractivity (Wildman–Crippen MR) is 67.6 cm³/mol. The second-order valence-corrected chi connectivity index (χ2v) is 4.20. The third-order valence-corrected chi connectivity index (χ3v) is 2.70. The van der Waals surface area contributed by atoms with Gasteiger partial charge in [0.2, 0.25) is 0 Å². The third-order valence-electron chi connectivity index (χ3n) is 2.70. The summed E-state index contributed by atoms with van der Waals surface area (Å²) in [7, 11) is 0. The SMILES string of the molecule is Cc1cc(C)c(C(O)C(O)CN=[N+]=[N-])c([N+](=O)[O-])c1. The number of nitro benzene ring substituents is 1. The molecule has 19 heavy (non-hydrogen) atoms. The maximum Gasteiger partial charge on any atom is 0.275 e. The Morgan fingerprint density at radius 3 is 2.63 bits per heavy atom. The molecular formula is C11H14N4O4. The van der Waals surface area contributed by atoms with Crippen molar-refractivity contribution < 1.29 is 15.1 Å². The van der Waals surface area contributed by atoms with Crippen molar-refractivity contribution in [2.75, 3.05) is 6.54 Å². The number of aryl methyl sites for hydroxylation is 2. The van der Waals surface area contributed by atoms with Crippen LogP contribution < -0.4 is 0 Å². The van der Waals surface area contributed by atoms with E-state index in [2.05, 4.69) is 10.0 Å². The molecule has 8 heteroatoms. The molecule has 0 saturated heterocycles. The van der Waals surface area contributed by atoms with Crippen molar-refractivity contribution in [3.63, 3.8) is 0 Å². The van der Waals surface area contributed by atoms with Crippen LogP contribution >= 0.6 is 0 Å². The Morgan fingerprint density at radius 2 is 2.11 bits per heavy atom. The minimum Gasteiger partial charge on any atom is -0.390 e. The van der Waals surface area contributed by atoms with Crippen molar-refractivity contribution in [2.24, 2.45) is 5.11 Å². The molecule has 0 radical (unpaired) electrons. The number of hydrogen-bond acceptors (Lipinski definition) is 5. The number of hydrogen-bond donors (Lipinski definition) is 2. The van der Waals surface area contributed by atoms with E-state index in [1.807, 2.05) is 0 Å². The summed E-state index contributed by atoms with van der Waals surface area (Å²) in [6.45, 7) is 2.95. The fourth-order valence-electron chi connectivity index (χ4n) is 1.90. The molecule has 0 amide bonds. The van der Waals surface area contributed by atoms with Crippen LogP contribution in [-0.4, -0.2) is 27.8 Å². The maximum absolute atomic E-state index is 11.0. The summed E-state index contributed by atoms with van der Waals surface area (Å²) < 4.78 is 0. The van der Waals surface area contributed by atoms with E-state index in [1.54, 1.807) is 19.9 Å². The lowest BCUT2D eigenvalue weighted by atomic mass is 9.95. The first-order chi connectivity index (χ1) is 8.88. The maximum atomic E-state index is 11.0. The molecule has 0 bridgehead atoms. The molecule has 1 aromatic carbocycles. The first-order valence-electron chi connectivity index (χ1n) is 5.51. The zero-order valence-electron chi connectivity index (χ0n) is 10.5. The average Bonchev–Trinajstić information content (AvgIpc) is 2.34. The largest absolute Gasteiger partial charge is 0.390 e. The van der Waals surface area contributed by atoms with Crippen LogP contribution in [0.4, 0.5) is 5.69 Å². The molecule has 0 spiro atoms. The van der Waals surface area contributed by atoms with E-state index < -0.39 is 17.1 Å². The van der Waals surface area contributed by atoms with Crippen molar-refractivity contribution in [2.45, 2.75) is 26.1 Å². The van der Waals surface area contributed by atoms with Crippen LogP contribution in [0.2, 0.25) is 0 Å². The lowest BCUT2D eigenvalue weighted by Gasteiger charge is -2.18. The molecule has 2 unspecified atom stereocenters. The smallest absolute Gasteiger partial charge is 0.275 e. The van der Waals surface area contributed by atoms with Gasteiger partial charge in [-0.1, -0.05) is 11.2 Å². The van der Waals surface area contributed by atoms with Crippen molar-refractivity contribution in [3.05, 3.63) is 49.4 Å². The van der Waals surface area contributed by atoms with Crippen LogP contribution in [-0.2, 0) is 0 Å². The summed E-state index contributed by atoms with van der Waals surface area (Å²) in [4.78, 5) is 12.9. The molecule has 1 aromatic rings. The van der Waals surface area contributed by atoms with Gasteiger partial charge in [0.15, 0.2) is 0 Å². The van der Waals surface area contributed by atoms with Gasteiger partial charge in [0, 0.05) is 11.0 Å². The van der Waals surface area contributed by atoms with Gasteiger partial charge in [-0.25, -0.2) is 0 Å². The van der Waals surface area contributed by atoms with Crippen LogP contribution in [0.1, 0.15) is 22.8 Å². The lowest BCUT2D eigenvalue weighted by Crippen LogP contribution is -2.23. The molecule has 2 N–H and O–H groups in total. The fourth-order valence-corrected chi connectivity index (χ4v) is 1.90. The number of nitrogens with zero attached hydrogens (tertiary/aromatic N) is 4. The van der Waals surface area contributed by atoms with Crippen LogP contribution in [0.3, 0.4) is 0 Å². The van der Waals surface area contributed by atoms with Crippen LogP contribution in [0.25, 0.3) is 10.4 Å². The van der Waals surface area contributed by atoms with Gasteiger partial charge in [0.05, 0.1) is 23.1 Å². The number of azide groups is 1. The highest BCUT2D eigenvalue weighted by Gasteiger charge is 2.28. The molecule has 0 aromatic heterocycles. The van der Waals surface area contributed by atoms with Gasteiger partial charge in [0.25, 0.3) is 5.69 Å². The zero-order valence-corrected chi connectivity index (χ0v) is 10.5. The van der Waals surface area contributed by atoms with E-state index in [0.29, 0.717) is 11.1 Å². The van der Waals surface area contributed by atoms with Crippen LogP contribution in [0.5, 0.6) is 0 Å². The van der Waals surface area contributed by atoms with Gasteiger partial charge in [-0.05, 0) is 30.5 Å². The highest BCUT2D eigenvalue weighted by Crippen LogP contribution is 2.31. The number of aliphatic hydroxyl groups is 2. The summed E-state index contributed by atoms with van der Waals surface area (Å²) in [5.41, 5.74) is 9.12. The number of rotatable bonds is 5. The van der Waals surface area contributed by atoms with E-state index in [0.717, 1.165) is 0 Å². The molecular weight excluding hydrogens is 252 g/mol. The standard InChI is InChI=1S/C11H14N4O4/c1-6-3-7(2)10(8(4-6)15(18)19)11(17)9(16)5-13-14-12/h3-4,9,11,16-17H,5H2,1-2H3. The quantitative estimate of drug-likeness (QED) is 0.277. The summed E-state index contributed by atoms with van der Waals surface area (Å²) in [5.74, 6) is 0. The molecule has 0 fully saturated rings. The van der Waals surface area contributed by atoms with E-state index in [-0.39, 0.29) is 17.8 Å². The Hall–Kier alpha value is -2.15. The second-order valence-electron chi connectivity index (χ2n) is 4.20. The van der Waals surface area contributed by atoms with Gasteiger partial charge in [0.1, 0.15) is 6.10 Å². The lowest BCUT2D eigenvalue weighted by molar-refractivity contribution is -0.386. The second kappa shape index (κ2) is 6.14. The van der Waals surface area contributed by atoms with Crippen molar-refractivity contribution >= 4 is 5.69 Å². The molecule has 0 aliphatic carbocycles. The van der Waals surface area contributed by atoms with E-state index in [1.165, 1.54) is 6.07 Å². The highest BCUT2D eigenvalue weighted by molar-refractivity contribution is 5.49. The molecule has 102 valence electrons. The first-order valence-corrected chi connectivity index (χ1v) is 5.51. The predicted octanol–water partition coefficient (Wildman–Crippen LogP) is 1.92. The van der Waals surface area contributed by atoms with Crippen molar-refractivity contribution in [1.29, 1.82) is 0 Å². The molecule has 0 aliphatic rings. The summed E-state index contributed by atoms with van der Waals surface area (Å²) in [6.07, 6.45) is -2.87. The van der Waals surface area contributed by atoms with Gasteiger partial charge >= 0.3 is 0 Å². The average molecular weight is 266 g/mol. The Kier molecular flexibility index (Phi) is 4.82. The summed E-state index contributed by atoms with van der Waals surface area (Å²) >= 11 is 0. The normalized spacial score (nSPS) is 13.5. The van der Waals surface area contributed by atoms with Crippen LogP contribution in [0, 0.1) is 24.0 Å².